The van der Waals surface area contributed by atoms with E-state index in [0.717, 1.165) is 6.42 Å². The summed E-state index contributed by atoms with van der Waals surface area (Å²) in [6.07, 6.45) is -0.911. The zero-order valence-corrected chi connectivity index (χ0v) is 23.5. The van der Waals surface area contributed by atoms with E-state index in [1.54, 1.807) is 0 Å². The lowest BCUT2D eigenvalue weighted by Crippen LogP contribution is -2.55. The molecule has 3 N–H and O–H groups in total. The zero-order valence-electron chi connectivity index (χ0n) is 21.9. The number of nitriles is 1. The van der Waals surface area contributed by atoms with Gasteiger partial charge in [-0.1, -0.05) is 42.5 Å². The normalized spacial score (nSPS) is 19.5. The predicted molar refractivity (Wildman–Crippen MR) is 150 cm³/mol. The summed E-state index contributed by atoms with van der Waals surface area (Å²) in [4.78, 5) is 2.42. The lowest BCUT2D eigenvalue weighted by atomic mass is 9.93. The molecule has 1 fully saturated rings. The Morgan fingerprint density at radius 1 is 1.18 bits per heavy atom. The van der Waals surface area contributed by atoms with Crippen LogP contribution < -0.4 is 14.9 Å². The van der Waals surface area contributed by atoms with Gasteiger partial charge in [-0.2, -0.15) is 5.26 Å². The molecular weight excluding hydrogens is 540 g/mol. The predicted octanol–water partition coefficient (Wildman–Crippen LogP) is 3.17. The van der Waals surface area contributed by atoms with E-state index < -0.39 is 27.7 Å². The smallest absolute Gasteiger partial charge is 0.253 e. The van der Waals surface area contributed by atoms with Gasteiger partial charge in [0.2, 0.25) is 0 Å². The van der Waals surface area contributed by atoms with Gasteiger partial charge >= 0.3 is 0 Å². The van der Waals surface area contributed by atoms with Crippen LogP contribution in [-0.4, -0.2) is 68.1 Å². The van der Waals surface area contributed by atoms with E-state index >= 15 is 0 Å². The fourth-order valence-corrected chi connectivity index (χ4v) is 5.77. The molecule has 1 saturated heterocycles. The number of sulfonamides is 1. The molecule has 3 aromatic carbocycles. The summed E-state index contributed by atoms with van der Waals surface area (Å²) in [5, 5.41) is 26.6. The van der Waals surface area contributed by atoms with Gasteiger partial charge in [0.1, 0.15) is 24.0 Å². The fraction of sp³-hybridized carbons (Fsp3) is 0.393. The zero-order chi connectivity index (χ0) is 28.0. The van der Waals surface area contributed by atoms with Crippen molar-refractivity contribution in [2.75, 3.05) is 26.3 Å². The third-order valence-electron chi connectivity index (χ3n) is 6.39. The molecule has 0 aromatic heterocycles. The molecule has 9 nitrogen and oxygen atoms in total. The molecule has 1 aliphatic rings. The van der Waals surface area contributed by atoms with Crippen LogP contribution in [0, 0.1) is 11.3 Å². The van der Waals surface area contributed by atoms with Crippen LogP contribution in [0.3, 0.4) is 0 Å². The maximum Gasteiger partial charge on any atom is 0.253 e. The van der Waals surface area contributed by atoms with Crippen molar-refractivity contribution in [1.82, 2.24) is 15.2 Å². The number of morpholine rings is 1. The van der Waals surface area contributed by atoms with Crippen LogP contribution in [0.2, 0.25) is 0 Å². The fourth-order valence-electron chi connectivity index (χ4n) is 4.33. The molecule has 0 saturated carbocycles. The Balaban J connectivity index is 1.25. The number of alkyl halides is 1. The van der Waals surface area contributed by atoms with E-state index in [1.807, 2.05) is 18.2 Å². The van der Waals surface area contributed by atoms with Crippen LogP contribution in [-0.2, 0) is 21.2 Å². The molecule has 0 amide bonds. The molecule has 4 rings (SSSR count). The monoisotopic (exact) mass is 572 g/mol. The van der Waals surface area contributed by atoms with Gasteiger partial charge in [-0.05, 0) is 60.9 Å². The molecule has 0 bridgehead atoms. The summed E-state index contributed by atoms with van der Waals surface area (Å²) >= 11 is 6.16. The molecule has 3 atom stereocenters. The second kappa shape index (κ2) is 12.6. The maximum atomic E-state index is 12.8. The maximum absolute atomic E-state index is 12.8. The van der Waals surface area contributed by atoms with E-state index in [1.165, 1.54) is 45.6 Å². The van der Waals surface area contributed by atoms with Crippen molar-refractivity contribution >= 4 is 32.4 Å². The second-order valence-electron chi connectivity index (χ2n) is 10.1. The van der Waals surface area contributed by atoms with Gasteiger partial charge in [-0.25, -0.2) is 13.4 Å². The number of aliphatic hydroxyl groups excluding tert-OH is 1. The van der Waals surface area contributed by atoms with Crippen molar-refractivity contribution < 1.29 is 23.0 Å². The van der Waals surface area contributed by atoms with Gasteiger partial charge in [0, 0.05) is 18.6 Å². The summed E-state index contributed by atoms with van der Waals surface area (Å²) in [7, 11) is -3.92. The van der Waals surface area contributed by atoms with Gasteiger partial charge in [-0.3, -0.25) is 0 Å². The third kappa shape index (κ3) is 7.90. The summed E-state index contributed by atoms with van der Waals surface area (Å²) < 4.78 is 36.4. The minimum atomic E-state index is -3.92. The number of benzene rings is 3. The Morgan fingerprint density at radius 3 is 2.62 bits per heavy atom. The van der Waals surface area contributed by atoms with Crippen molar-refractivity contribution in [2.24, 2.45) is 0 Å². The topological polar surface area (TPSA) is 124 Å². The number of hydrogen-bond acceptors (Lipinski definition) is 8. The highest BCUT2D eigenvalue weighted by Crippen LogP contribution is 2.21. The van der Waals surface area contributed by atoms with E-state index in [0.29, 0.717) is 12.3 Å². The Hall–Kier alpha value is -2.75. The highest BCUT2D eigenvalue weighted by Gasteiger charge is 2.33. The Morgan fingerprint density at radius 2 is 1.90 bits per heavy atom. The number of rotatable bonds is 11. The van der Waals surface area contributed by atoms with Crippen molar-refractivity contribution in [3.63, 3.8) is 0 Å². The summed E-state index contributed by atoms with van der Waals surface area (Å²) in [5.41, 5.74) is 0.0118. The summed E-state index contributed by atoms with van der Waals surface area (Å²) in [6.45, 7) is 4.94. The van der Waals surface area contributed by atoms with E-state index in [-0.39, 0.29) is 30.2 Å². The molecule has 0 spiro atoms. The number of β-amino-alcohol motifs (C(OH)–C–C–N with tert-alkyl or cyclic N) is 1. The minimum Gasteiger partial charge on any atom is -0.491 e. The molecule has 3 aromatic rings. The van der Waals surface area contributed by atoms with Crippen molar-refractivity contribution in [3.8, 4) is 11.8 Å². The quantitative estimate of drug-likeness (QED) is 0.236. The molecule has 1 aliphatic heterocycles. The molecule has 208 valence electrons. The third-order valence-corrected chi connectivity index (χ3v) is 8.23. The highest BCUT2D eigenvalue weighted by atomic mass is 35.5. The van der Waals surface area contributed by atoms with E-state index in [4.69, 9.17) is 26.3 Å². The number of halogens is 1. The van der Waals surface area contributed by atoms with Gasteiger partial charge in [0.15, 0.2) is 6.10 Å². The molecular formula is C28H33ClN4O5S. The number of hydrogen-bond donors (Lipinski definition) is 3. The lowest BCUT2D eigenvalue weighted by molar-refractivity contribution is -0.0247. The van der Waals surface area contributed by atoms with Crippen molar-refractivity contribution in [3.05, 3.63) is 72.3 Å². The number of ether oxygens (including phenoxy) is 2. The molecule has 39 heavy (non-hydrogen) atoms. The Bertz CT molecular complexity index is 1410. The molecule has 11 heteroatoms. The van der Waals surface area contributed by atoms with Crippen LogP contribution in [0.4, 0.5) is 0 Å². The van der Waals surface area contributed by atoms with E-state index in [2.05, 4.69) is 54.3 Å². The summed E-state index contributed by atoms with van der Waals surface area (Å²) in [6, 6.07) is 22.4. The van der Waals surface area contributed by atoms with Gasteiger partial charge in [-0.15, -0.1) is 16.4 Å². The Labute approximate surface area is 234 Å². The van der Waals surface area contributed by atoms with Crippen LogP contribution in [0.1, 0.15) is 19.4 Å². The summed E-state index contributed by atoms with van der Waals surface area (Å²) in [5.74, 6) is 0.426. The first-order chi connectivity index (χ1) is 18.6. The first-order valence-electron chi connectivity index (χ1n) is 12.6. The first kappa shape index (κ1) is 29.2. The lowest BCUT2D eigenvalue weighted by Gasteiger charge is -2.34. The number of aliphatic hydroxyl groups is 1. The van der Waals surface area contributed by atoms with Crippen LogP contribution in [0.15, 0.2) is 71.6 Å². The Kier molecular flexibility index (Phi) is 9.46. The number of nitrogens with one attached hydrogen (secondary N) is 2. The second-order valence-corrected chi connectivity index (χ2v) is 12.2. The van der Waals surface area contributed by atoms with Crippen molar-refractivity contribution in [1.29, 1.82) is 5.26 Å². The molecule has 1 heterocycles. The van der Waals surface area contributed by atoms with Crippen LogP contribution in [0.25, 0.3) is 10.8 Å². The number of nitrogens with zero attached hydrogens (tertiary/aromatic N) is 2. The van der Waals surface area contributed by atoms with Gasteiger partial charge < -0.3 is 19.9 Å². The van der Waals surface area contributed by atoms with Crippen LogP contribution in [0.5, 0.6) is 5.75 Å². The van der Waals surface area contributed by atoms with E-state index in [9.17, 15) is 13.5 Å². The number of hydrazine groups is 1. The van der Waals surface area contributed by atoms with Gasteiger partial charge in [0.05, 0.1) is 17.6 Å². The number of fused-ring (bicyclic) bond motifs is 1. The molecule has 2 unspecified atom stereocenters. The average molecular weight is 573 g/mol. The SMILES string of the molecule is CC(C)(Cc1ccc2ccccc2c1)NC[C@@H](O)COc1ccc(S(=O)(=O)NN2CCOC(C#N)C2Cl)cc1. The largest absolute Gasteiger partial charge is 0.491 e. The first-order valence-corrected chi connectivity index (χ1v) is 14.6. The van der Waals surface area contributed by atoms with Gasteiger partial charge in [0.25, 0.3) is 10.0 Å². The average Bonchev–Trinajstić information content (AvgIpc) is 2.92. The highest BCUT2D eigenvalue weighted by molar-refractivity contribution is 7.89. The minimum absolute atomic E-state index is 0.0105. The van der Waals surface area contributed by atoms with Crippen LogP contribution >= 0.6 is 11.6 Å². The standard InChI is InChI=1S/C28H33ClN4O5S/c1-28(2,16-20-7-8-21-5-3-4-6-22(21)15-20)31-18-23(34)19-38-24-9-11-25(12-10-24)39(35,36)32-33-13-14-37-26(17-30)27(33)29/h3-12,15,23,26-27,31-32,34H,13-14,16,18-19H2,1-2H3/t23-,26?,27?/m1/s1. The molecule has 0 radical (unpaired) electrons. The van der Waals surface area contributed by atoms with Crippen molar-refractivity contribution in [2.45, 2.75) is 48.4 Å². The molecule has 0 aliphatic carbocycles.